The van der Waals surface area contributed by atoms with Gasteiger partial charge in [0.15, 0.2) is 11.6 Å². The van der Waals surface area contributed by atoms with Gasteiger partial charge in [-0.3, -0.25) is 9.59 Å². The summed E-state index contributed by atoms with van der Waals surface area (Å²) >= 11 is 0. The summed E-state index contributed by atoms with van der Waals surface area (Å²) in [7, 11) is 0. The maximum Gasteiger partial charge on any atom is 0.511 e. The Labute approximate surface area is 304 Å². The smallest absolute Gasteiger partial charge is 0.430 e. The standard InChI is InChI=1S/C43H60O8/c1-22-15-26-17-28(44)7-9-30(26)36-24(3)19-42(5)32(38(22)36)11-13-34(42)50-40(46)48-21-49-41(47)51-35-14-12-33-39-23(2)16-27-18-29(45)8-10-31(27)37(39)25(4)20-43(33,35)6/h17-18,22-25,30-39H,7-16,19-21H2,1-6H3/t22-,23-,24+,25+,30?,31?,32?,33?,34+,35+,36?,37?,38?,39?,42+,43+/m1/s1. The van der Waals surface area contributed by atoms with Crippen LogP contribution in [0.5, 0.6) is 0 Å². The molecule has 8 heteroatoms. The topological polar surface area (TPSA) is 105 Å². The maximum absolute atomic E-state index is 13.0. The van der Waals surface area contributed by atoms with Gasteiger partial charge in [-0.25, -0.2) is 9.59 Å². The van der Waals surface area contributed by atoms with Gasteiger partial charge in [-0.15, -0.1) is 0 Å². The van der Waals surface area contributed by atoms with Crippen LogP contribution in [0.4, 0.5) is 9.59 Å². The van der Waals surface area contributed by atoms with Gasteiger partial charge >= 0.3 is 12.3 Å². The van der Waals surface area contributed by atoms with E-state index < -0.39 is 19.1 Å². The zero-order chi connectivity index (χ0) is 36.0. The molecule has 8 aliphatic carbocycles. The van der Waals surface area contributed by atoms with E-state index in [1.165, 1.54) is 11.1 Å². The molecule has 0 amide bonds. The van der Waals surface area contributed by atoms with Gasteiger partial charge in [0.05, 0.1) is 0 Å². The normalized spacial score (nSPS) is 48.4. The van der Waals surface area contributed by atoms with Crippen LogP contribution in [0.3, 0.4) is 0 Å². The highest BCUT2D eigenvalue weighted by atomic mass is 16.8. The van der Waals surface area contributed by atoms with Crippen molar-refractivity contribution in [1.82, 2.24) is 0 Å². The van der Waals surface area contributed by atoms with Gasteiger partial charge in [0.25, 0.3) is 0 Å². The average Bonchev–Trinajstić information content (AvgIpc) is 3.55. The molecule has 0 saturated heterocycles. The molecular formula is C43H60O8. The van der Waals surface area contributed by atoms with Gasteiger partial charge in [0.1, 0.15) is 12.2 Å². The lowest BCUT2D eigenvalue weighted by molar-refractivity contribution is -0.124. The van der Waals surface area contributed by atoms with E-state index in [2.05, 4.69) is 41.5 Å². The molecule has 8 unspecified atom stereocenters. The number of hydrogen-bond donors (Lipinski definition) is 0. The van der Waals surface area contributed by atoms with Gasteiger partial charge in [-0.05, 0) is 147 Å². The molecule has 51 heavy (non-hydrogen) atoms. The number of ketones is 2. The molecule has 8 rings (SSSR count). The van der Waals surface area contributed by atoms with Crippen molar-refractivity contribution in [3.05, 3.63) is 23.3 Å². The summed E-state index contributed by atoms with van der Waals surface area (Å²) in [4.78, 5) is 50.5. The van der Waals surface area contributed by atoms with Crippen LogP contribution in [-0.2, 0) is 28.5 Å². The van der Waals surface area contributed by atoms with Crippen LogP contribution in [0, 0.1) is 81.8 Å². The Morgan fingerprint density at radius 2 is 1.02 bits per heavy atom. The predicted octanol–water partition coefficient (Wildman–Crippen LogP) is 9.26. The predicted molar refractivity (Wildman–Crippen MR) is 190 cm³/mol. The second-order valence-electron chi connectivity index (χ2n) is 19.2. The van der Waals surface area contributed by atoms with Crippen molar-refractivity contribution in [1.29, 1.82) is 0 Å². The second kappa shape index (κ2) is 13.0. The molecule has 0 radical (unpaired) electrons. The summed E-state index contributed by atoms with van der Waals surface area (Å²) in [5, 5.41) is 0. The number of ether oxygens (including phenoxy) is 4. The van der Waals surface area contributed by atoms with Crippen molar-refractivity contribution in [2.24, 2.45) is 81.8 Å². The first-order chi connectivity index (χ1) is 24.3. The zero-order valence-corrected chi connectivity index (χ0v) is 31.7. The molecule has 0 spiro atoms. The van der Waals surface area contributed by atoms with Gasteiger partial charge in [0.2, 0.25) is 6.79 Å². The van der Waals surface area contributed by atoms with E-state index in [0.717, 1.165) is 64.2 Å². The van der Waals surface area contributed by atoms with Crippen LogP contribution in [0.1, 0.15) is 119 Å². The minimum atomic E-state index is -0.790. The molecule has 0 heterocycles. The third-order valence-electron chi connectivity index (χ3n) is 16.5. The van der Waals surface area contributed by atoms with E-state index in [-0.39, 0.29) is 34.6 Å². The highest BCUT2D eigenvalue weighted by Gasteiger charge is 2.62. The summed E-state index contributed by atoms with van der Waals surface area (Å²) in [5.74, 6) is 6.72. The van der Waals surface area contributed by atoms with Crippen LogP contribution < -0.4 is 0 Å². The fourth-order valence-corrected chi connectivity index (χ4v) is 15.0. The minimum absolute atomic E-state index is 0.133. The molecule has 0 aromatic carbocycles. The molecule has 8 nitrogen and oxygen atoms in total. The molecule has 0 aliphatic heterocycles. The van der Waals surface area contributed by atoms with Crippen LogP contribution >= 0.6 is 0 Å². The van der Waals surface area contributed by atoms with Crippen LogP contribution in [0.2, 0.25) is 0 Å². The van der Waals surface area contributed by atoms with Crippen molar-refractivity contribution in [3.8, 4) is 0 Å². The Bertz CT molecular complexity index is 1400. The van der Waals surface area contributed by atoms with Crippen LogP contribution in [-0.4, -0.2) is 42.9 Å². The molecule has 0 aromatic rings. The van der Waals surface area contributed by atoms with Crippen molar-refractivity contribution in [2.45, 2.75) is 131 Å². The van der Waals surface area contributed by atoms with Gasteiger partial charge < -0.3 is 18.9 Å². The minimum Gasteiger partial charge on any atom is -0.430 e. The first-order valence-electron chi connectivity index (χ1n) is 20.4. The summed E-state index contributed by atoms with van der Waals surface area (Å²) in [6.07, 6.45) is 12.8. The zero-order valence-electron chi connectivity index (χ0n) is 31.7. The first-order valence-corrected chi connectivity index (χ1v) is 20.4. The Balaban J connectivity index is 0.845. The molecule has 6 fully saturated rings. The molecule has 8 aliphatic rings. The molecule has 16 atom stereocenters. The highest BCUT2D eigenvalue weighted by molar-refractivity contribution is 5.91. The van der Waals surface area contributed by atoms with Crippen molar-refractivity contribution < 1.29 is 38.1 Å². The number of hydrogen-bond acceptors (Lipinski definition) is 8. The Hall–Kier alpha value is -2.64. The van der Waals surface area contributed by atoms with Gasteiger partial charge in [0, 0.05) is 23.7 Å². The summed E-state index contributed by atoms with van der Waals surface area (Å²) in [6.45, 7) is 13.5. The summed E-state index contributed by atoms with van der Waals surface area (Å²) in [5.41, 5.74) is 2.49. The lowest BCUT2D eigenvalue weighted by Crippen LogP contribution is -2.54. The maximum atomic E-state index is 13.0. The molecule has 0 aromatic heterocycles. The fraction of sp³-hybridized carbons (Fsp3) is 0.814. The molecule has 0 bridgehead atoms. The number of carbonyl (C=O) groups is 4. The van der Waals surface area contributed by atoms with E-state index >= 15 is 0 Å². The van der Waals surface area contributed by atoms with E-state index in [9.17, 15) is 19.2 Å². The largest absolute Gasteiger partial charge is 0.511 e. The number of rotatable bonds is 4. The lowest BCUT2D eigenvalue weighted by atomic mass is 9.47. The molecular weight excluding hydrogens is 644 g/mol. The average molecular weight is 705 g/mol. The first kappa shape index (κ1) is 35.4. The Morgan fingerprint density at radius 1 is 0.608 bits per heavy atom. The highest BCUT2D eigenvalue weighted by Crippen LogP contribution is 2.67. The summed E-state index contributed by atoms with van der Waals surface area (Å²) in [6, 6.07) is 0. The Kier molecular flexibility index (Phi) is 9.05. The van der Waals surface area contributed by atoms with Crippen LogP contribution in [0.25, 0.3) is 0 Å². The fourth-order valence-electron chi connectivity index (χ4n) is 15.0. The number of fused-ring (bicyclic) bond motifs is 10. The quantitative estimate of drug-likeness (QED) is 0.211. The molecule has 280 valence electrons. The van der Waals surface area contributed by atoms with E-state index in [1.807, 2.05) is 12.2 Å². The number of allylic oxidation sites excluding steroid dienone is 2. The second-order valence-corrected chi connectivity index (χ2v) is 19.2. The molecule has 6 saturated carbocycles. The SMILES string of the molecule is C[C@@H]1CC2=CC(=O)CCC2C2C1C1CC[C@H](OC(=O)OCOC(=O)O[C@H]3CCC4C5C(C6CCC(=O)C=C6C[C@H]5C)[C@@H](C)C[C@@]43C)[C@@]1(C)C[C@@H]2C. The van der Waals surface area contributed by atoms with E-state index in [0.29, 0.717) is 83.9 Å². The lowest BCUT2D eigenvalue weighted by Gasteiger charge is -2.58. The van der Waals surface area contributed by atoms with Crippen molar-refractivity contribution in [3.63, 3.8) is 0 Å². The third kappa shape index (κ3) is 5.82. The van der Waals surface area contributed by atoms with E-state index in [1.54, 1.807) is 0 Å². The van der Waals surface area contributed by atoms with Gasteiger partial charge in [-0.2, -0.15) is 0 Å². The number of carbonyl (C=O) groups excluding carboxylic acids is 4. The van der Waals surface area contributed by atoms with E-state index in [4.69, 9.17) is 18.9 Å². The van der Waals surface area contributed by atoms with Crippen molar-refractivity contribution >= 4 is 23.9 Å². The monoisotopic (exact) mass is 704 g/mol. The Morgan fingerprint density at radius 3 is 1.43 bits per heavy atom. The van der Waals surface area contributed by atoms with Gasteiger partial charge in [-0.1, -0.05) is 52.7 Å². The van der Waals surface area contributed by atoms with Crippen molar-refractivity contribution in [2.75, 3.05) is 6.79 Å². The van der Waals surface area contributed by atoms with Crippen LogP contribution in [0.15, 0.2) is 23.3 Å². The molecule has 0 N–H and O–H groups in total. The summed E-state index contributed by atoms with van der Waals surface area (Å²) < 4.78 is 22.7. The third-order valence-corrected chi connectivity index (χ3v) is 16.5.